The number of nitrogens with one attached hydrogen (secondary N) is 2. The first-order valence-corrected chi connectivity index (χ1v) is 14.3. The molecule has 4 aromatic carbocycles. The van der Waals surface area contributed by atoms with E-state index in [0.29, 0.717) is 17.2 Å². The smallest absolute Gasteiger partial charge is 0.339 e. The van der Waals surface area contributed by atoms with Crippen molar-refractivity contribution < 1.29 is 39.5 Å². The highest BCUT2D eigenvalue weighted by atomic mass is 32.2. The Morgan fingerprint density at radius 1 is 0.550 bits per heavy atom. The van der Waals surface area contributed by atoms with Crippen LogP contribution in [0.2, 0.25) is 0 Å². The molecule has 0 aliphatic heterocycles. The second-order valence-electron chi connectivity index (χ2n) is 8.06. The van der Waals surface area contributed by atoms with E-state index in [4.69, 9.17) is 17.8 Å². The molecular formula is C27H24N2O9S2. The van der Waals surface area contributed by atoms with Crippen LogP contribution in [0, 0.1) is 0 Å². The van der Waals surface area contributed by atoms with E-state index in [-0.39, 0.29) is 27.0 Å². The number of amides is 2. The summed E-state index contributed by atoms with van der Waals surface area (Å²) in [6, 6.07) is 22.6. The molecule has 40 heavy (non-hydrogen) atoms. The van der Waals surface area contributed by atoms with Crippen molar-refractivity contribution in [1.29, 1.82) is 0 Å². The fourth-order valence-electron chi connectivity index (χ4n) is 3.38. The van der Waals surface area contributed by atoms with E-state index in [2.05, 4.69) is 10.6 Å². The van der Waals surface area contributed by atoms with Crippen LogP contribution in [-0.2, 0) is 20.2 Å². The van der Waals surface area contributed by atoms with Gasteiger partial charge >= 0.3 is 26.3 Å². The SMILES string of the molecule is COc1cccc(S(=O)(=O)Oc2ccc(NC(=O)Nc3cccc(OS(=O)(=O)c4cccc(OC)c4)c3)cc2)c1. The van der Waals surface area contributed by atoms with Gasteiger partial charge in [0.2, 0.25) is 0 Å². The molecule has 0 spiro atoms. The predicted octanol–water partition coefficient (Wildman–Crippen LogP) is 4.88. The first-order chi connectivity index (χ1) is 19.1. The lowest BCUT2D eigenvalue weighted by molar-refractivity contribution is 0.262. The molecule has 0 fully saturated rings. The van der Waals surface area contributed by atoms with E-state index in [0.717, 1.165) is 0 Å². The van der Waals surface area contributed by atoms with Crippen molar-refractivity contribution in [1.82, 2.24) is 0 Å². The summed E-state index contributed by atoms with van der Waals surface area (Å²) in [4.78, 5) is 12.3. The molecule has 0 aliphatic rings. The zero-order valence-corrected chi connectivity index (χ0v) is 22.9. The van der Waals surface area contributed by atoms with Crippen molar-refractivity contribution in [2.75, 3.05) is 24.9 Å². The Kier molecular flexibility index (Phi) is 8.46. The lowest BCUT2D eigenvalue weighted by atomic mass is 10.3. The maximum Gasteiger partial charge on any atom is 0.339 e. The van der Waals surface area contributed by atoms with Gasteiger partial charge < -0.3 is 28.5 Å². The number of anilines is 2. The Bertz CT molecular complexity index is 1720. The number of urea groups is 1. The summed E-state index contributed by atoms with van der Waals surface area (Å²) in [6.45, 7) is 0. The van der Waals surface area contributed by atoms with Crippen molar-refractivity contribution in [2.45, 2.75) is 9.79 Å². The van der Waals surface area contributed by atoms with E-state index in [1.54, 1.807) is 18.2 Å². The quantitative estimate of drug-likeness (QED) is 0.249. The number of carbonyl (C=O) groups is 1. The zero-order valence-electron chi connectivity index (χ0n) is 21.2. The maximum atomic E-state index is 12.6. The van der Waals surface area contributed by atoms with Gasteiger partial charge in [0.25, 0.3) is 0 Å². The summed E-state index contributed by atoms with van der Waals surface area (Å²) in [5.41, 5.74) is 0.608. The minimum atomic E-state index is -4.15. The highest BCUT2D eigenvalue weighted by Crippen LogP contribution is 2.25. The van der Waals surface area contributed by atoms with Crippen LogP contribution in [0.25, 0.3) is 0 Å². The summed E-state index contributed by atoms with van der Waals surface area (Å²) in [7, 11) is -5.41. The van der Waals surface area contributed by atoms with Gasteiger partial charge in [-0.2, -0.15) is 16.8 Å². The molecule has 11 nitrogen and oxygen atoms in total. The largest absolute Gasteiger partial charge is 0.497 e. The Hall–Kier alpha value is -4.75. The van der Waals surface area contributed by atoms with Crippen molar-refractivity contribution in [3.8, 4) is 23.0 Å². The number of carbonyl (C=O) groups excluding carboxylic acids is 1. The molecule has 13 heteroatoms. The summed E-state index contributed by atoms with van der Waals surface area (Å²) >= 11 is 0. The molecule has 2 amide bonds. The van der Waals surface area contributed by atoms with Crippen LogP contribution in [-0.4, -0.2) is 37.1 Å². The fraction of sp³-hybridized carbons (Fsp3) is 0.0741. The Morgan fingerprint density at radius 3 is 1.57 bits per heavy atom. The van der Waals surface area contributed by atoms with Gasteiger partial charge in [-0.1, -0.05) is 18.2 Å². The Morgan fingerprint density at radius 2 is 1.02 bits per heavy atom. The summed E-state index contributed by atoms with van der Waals surface area (Å²) in [5.74, 6) is 0.746. The van der Waals surface area contributed by atoms with Gasteiger partial charge in [-0.3, -0.25) is 0 Å². The molecule has 0 saturated carbocycles. The topological polar surface area (TPSA) is 146 Å². The van der Waals surface area contributed by atoms with Crippen LogP contribution < -0.4 is 28.5 Å². The molecule has 2 N–H and O–H groups in total. The average molecular weight is 585 g/mol. The molecule has 0 aromatic heterocycles. The van der Waals surface area contributed by atoms with Gasteiger partial charge in [-0.15, -0.1) is 0 Å². The molecule has 0 aliphatic carbocycles. The van der Waals surface area contributed by atoms with E-state index in [1.165, 1.54) is 93.1 Å². The van der Waals surface area contributed by atoms with E-state index >= 15 is 0 Å². The predicted molar refractivity (Wildman–Crippen MR) is 147 cm³/mol. The second kappa shape index (κ2) is 12.0. The molecule has 0 heterocycles. The van der Waals surface area contributed by atoms with E-state index < -0.39 is 26.3 Å². The average Bonchev–Trinajstić information content (AvgIpc) is 2.94. The van der Waals surface area contributed by atoms with Crippen LogP contribution in [0.5, 0.6) is 23.0 Å². The van der Waals surface area contributed by atoms with Crippen LogP contribution in [0.15, 0.2) is 107 Å². The number of hydrogen-bond donors (Lipinski definition) is 2. The molecule has 0 atom stereocenters. The first-order valence-electron chi connectivity index (χ1n) is 11.5. The highest BCUT2D eigenvalue weighted by Gasteiger charge is 2.19. The number of hydrogen-bond acceptors (Lipinski definition) is 9. The zero-order chi connectivity index (χ0) is 28.8. The fourth-order valence-corrected chi connectivity index (χ4v) is 5.30. The summed E-state index contributed by atoms with van der Waals surface area (Å²) in [6.07, 6.45) is 0. The van der Waals surface area contributed by atoms with Crippen LogP contribution in [0.3, 0.4) is 0 Å². The minimum Gasteiger partial charge on any atom is -0.497 e. The molecule has 4 rings (SSSR count). The van der Waals surface area contributed by atoms with Crippen molar-refractivity contribution in [2.24, 2.45) is 0 Å². The maximum absolute atomic E-state index is 12.6. The van der Waals surface area contributed by atoms with Gasteiger partial charge in [0.1, 0.15) is 32.8 Å². The van der Waals surface area contributed by atoms with Crippen molar-refractivity contribution in [3.05, 3.63) is 97.1 Å². The van der Waals surface area contributed by atoms with Gasteiger partial charge in [-0.05, 0) is 60.7 Å². The molecule has 0 bridgehead atoms. The summed E-state index contributed by atoms with van der Waals surface area (Å²) in [5, 5.41) is 5.16. The monoisotopic (exact) mass is 584 g/mol. The molecular weight excluding hydrogens is 560 g/mol. The van der Waals surface area contributed by atoms with Crippen LogP contribution in [0.1, 0.15) is 0 Å². The Balaban J connectivity index is 1.37. The Labute approximate surface area is 231 Å². The molecule has 208 valence electrons. The van der Waals surface area contributed by atoms with Crippen molar-refractivity contribution in [3.63, 3.8) is 0 Å². The molecule has 4 aromatic rings. The lowest BCUT2D eigenvalue weighted by Gasteiger charge is -2.11. The van der Waals surface area contributed by atoms with E-state index in [9.17, 15) is 21.6 Å². The second-order valence-corrected chi connectivity index (χ2v) is 11.2. The third kappa shape index (κ3) is 7.21. The number of benzene rings is 4. The third-order valence-corrected chi connectivity index (χ3v) is 7.76. The third-order valence-electron chi connectivity index (χ3n) is 5.28. The van der Waals surface area contributed by atoms with Crippen LogP contribution >= 0.6 is 0 Å². The summed E-state index contributed by atoms with van der Waals surface area (Å²) < 4.78 is 70.8. The van der Waals surface area contributed by atoms with Gasteiger partial charge in [0.05, 0.1) is 14.2 Å². The molecule has 0 radical (unpaired) electrons. The van der Waals surface area contributed by atoms with Crippen molar-refractivity contribution >= 4 is 37.6 Å². The van der Waals surface area contributed by atoms with Crippen LogP contribution in [0.4, 0.5) is 16.2 Å². The van der Waals surface area contributed by atoms with E-state index in [1.807, 2.05) is 0 Å². The minimum absolute atomic E-state index is 0.0145. The standard InChI is InChI=1S/C27H24N2O9S2/c1-35-22-7-4-10-25(17-22)39(31,32)37-21-14-12-19(13-15-21)28-27(30)29-20-6-3-9-24(16-20)38-40(33,34)26-11-5-8-23(18-26)36-2/h3-18H,1-2H3,(H2,28,29,30). The molecule has 0 saturated heterocycles. The van der Waals surface area contributed by atoms with Gasteiger partial charge in [0.15, 0.2) is 0 Å². The molecule has 0 unspecified atom stereocenters. The highest BCUT2D eigenvalue weighted by molar-refractivity contribution is 7.87. The number of rotatable bonds is 10. The van der Waals surface area contributed by atoms with Gasteiger partial charge in [-0.25, -0.2) is 4.79 Å². The first kappa shape index (κ1) is 28.3. The lowest BCUT2D eigenvalue weighted by Crippen LogP contribution is -2.19. The normalized spacial score (nSPS) is 11.2. The number of ether oxygens (including phenoxy) is 2. The number of methoxy groups -OCH3 is 2. The van der Waals surface area contributed by atoms with Gasteiger partial charge in [0, 0.05) is 29.6 Å².